The third kappa shape index (κ3) is 1.82. The van der Waals surface area contributed by atoms with E-state index in [1.54, 1.807) is 17.5 Å². The first-order chi connectivity index (χ1) is 6.79. The predicted octanol–water partition coefficient (Wildman–Crippen LogP) is 3.51. The summed E-state index contributed by atoms with van der Waals surface area (Å²) in [5, 5.41) is 0. The summed E-state index contributed by atoms with van der Waals surface area (Å²) < 4.78 is 12.9. The molecule has 0 radical (unpaired) electrons. The molecule has 0 aromatic carbocycles. The lowest BCUT2D eigenvalue weighted by atomic mass is 10.2. The number of hydrogen-bond donors (Lipinski definition) is 0. The molecular weight excluding hydrogens is 197 g/mol. The third-order valence-corrected chi connectivity index (χ3v) is 3.28. The monoisotopic (exact) mass is 207 g/mol. The quantitative estimate of drug-likeness (QED) is 0.734. The molecular formula is C11H10FNS. The van der Waals surface area contributed by atoms with E-state index in [4.69, 9.17) is 0 Å². The van der Waals surface area contributed by atoms with Crippen molar-refractivity contribution in [2.45, 2.75) is 13.3 Å². The van der Waals surface area contributed by atoms with Crippen LogP contribution in [0.4, 0.5) is 4.39 Å². The normalized spacial score (nSPS) is 10.4. The summed E-state index contributed by atoms with van der Waals surface area (Å²) in [6.45, 7) is 2.11. The molecule has 0 bridgehead atoms. The highest BCUT2D eigenvalue weighted by atomic mass is 32.1. The second-order valence-electron chi connectivity index (χ2n) is 3.01. The van der Waals surface area contributed by atoms with Gasteiger partial charge in [0.25, 0.3) is 0 Å². The number of pyridine rings is 1. The van der Waals surface area contributed by atoms with Crippen LogP contribution in [0.1, 0.15) is 11.8 Å². The van der Waals surface area contributed by atoms with Gasteiger partial charge < -0.3 is 0 Å². The van der Waals surface area contributed by atoms with Gasteiger partial charge in [0, 0.05) is 21.5 Å². The average molecular weight is 207 g/mol. The molecule has 0 unspecified atom stereocenters. The van der Waals surface area contributed by atoms with Crippen molar-refractivity contribution in [3.63, 3.8) is 0 Å². The topological polar surface area (TPSA) is 12.9 Å². The van der Waals surface area contributed by atoms with Gasteiger partial charge in [-0.05, 0) is 24.6 Å². The van der Waals surface area contributed by atoms with Crippen molar-refractivity contribution in [1.29, 1.82) is 0 Å². The van der Waals surface area contributed by atoms with Gasteiger partial charge in [0.1, 0.15) is 5.82 Å². The number of aryl methyl sites for hydroxylation is 1. The van der Waals surface area contributed by atoms with Crippen LogP contribution in [0.5, 0.6) is 0 Å². The van der Waals surface area contributed by atoms with Crippen LogP contribution in [-0.2, 0) is 6.42 Å². The number of hydrogen-bond acceptors (Lipinski definition) is 2. The fourth-order valence-electron chi connectivity index (χ4n) is 1.27. The first kappa shape index (κ1) is 9.34. The molecule has 0 aliphatic carbocycles. The fourth-order valence-corrected chi connectivity index (χ4v) is 2.20. The molecule has 0 N–H and O–H groups in total. The Hall–Kier alpha value is -1.22. The molecule has 14 heavy (non-hydrogen) atoms. The van der Waals surface area contributed by atoms with Crippen molar-refractivity contribution in [2.75, 3.05) is 0 Å². The molecule has 0 atom stereocenters. The summed E-state index contributed by atoms with van der Waals surface area (Å²) >= 11 is 1.69. The van der Waals surface area contributed by atoms with Gasteiger partial charge in [-0.2, -0.15) is 0 Å². The Kier molecular flexibility index (Phi) is 2.59. The molecule has 0 amide bonds. The zero-order chi connectivity index (χ0) is 9.97. The molecule has 0 saturated heterocycles. The number of nitrogens with zero attached hydrogens (tertiary/aromatic N) is 1. The molecule has 0 aliphatic rings. The smallest absolute Gasteiger partial charge is 0.142 e. The van der Waals surface area contributed by atoms with Crippen LogP contribution in [0, 0.1) is 5.82 Å². The van der Waals surface area contributed by atoms with Crippen molar-refractivity contribution < 1.29 is 4.39 Å². The lowest BCUT2D eigenvalue weighted by molar-refractivity contribution is 0.622. The van der Waals surface area contributed by atoms with Crippen LogP contribution in [0.3, 0.4) is 0 Å². The minimum absolute atomic E-state index is 0.283. The van der Waals surface area contributed by atoms with Gasteiger partial charge in [-0.25, -0.2) is 4.39 Å². The van der Waals surface area contributed by atoms with Crippen LogP contribution in [-0.4, -0.2) is 4.98 Å². The molecule has 1 nitrogen and oxygen atoms in total. The second kappa shape index (κ2) is 3.88. The van der Waals surface area contributed by atoms with E-state index in [1.165, 1.54) is 17.1 Å². The SMILES string of the molecule is CCc1ccc(-c2cncc(F)c2)s1. The summed E-state index contributed by atoms with van der Waals surface area (Å²) in [5.74, 6) is -0.283. The summed E-state index contributed by atoms with van der Waals surface area (Å²) in [6, 6.07) is 5.60. The van der Waals surface area contributed by atoms with Gasteiger partial charge in [0.2, 0.25) is 0 Å². The van der Waals surface area contributed by atoms with Crippen LogP contribution in [0.2, 0.25) is 0 Å². The number of thiophene rings is 1. The maximum atomic E-state index is 12.9. The fraction of sp³-hybridized carbons (Fsp3) is 0.182. The highest BCUT2D eigenvalue weighted by Gasteiger charge is 2.02. The van der Waals surface area contributed by atoms with Crippen LogP contribution < -0.4 is 0 Å². The molecule has 2 heterocycles. The van der Waals surface area contributed by atoms with E-state index in [-0.39, 0.29) is 5.82 Å². The maximum Gasteiger partial charge on any atom is 0.142 e. The zero-order valence-electron chi connectivity index (χ0n) is 7.83. The van der Waals surface area contributed by atoms with E-state index in [0.29, 0.717) is 0 Å². The minimum atomic E-state index is -0.283. The predicted molar refractivity (Wildman–Crippen MR) is 56.9 cm³/mol. The molecule has 0 aliphatic heterocycles. The van der Waals surface area contributed by atoms with E-state index in [9.17, 15) is 4.39 Å². The van der Waals surface area contributed by atoms with Crippen molar-refractivity contribution in [1.82, 2.24) is 4.98 Å². The maximum absolute atomic E-state index is 12.9. The first-order valence-electron chi connectivity index (χ1n) is 4.49. The Morgan fingerprint density at radius 2 is 2.21 bits per heavy atom. The van der Waals surface area contributed by atoms with E-state index in [2.05, 4.69) is 18.0 Å². The molecule has 2 aromatic rings. The summed E-state index contributed by atoms with van der Waals surface area (Å²) in [4.78, 5) is 6.21. The first-order valence-corrected chi connectivity index (χ1v) is 5.31. The van der Waals surface area contributed by atoms with Gasteiger partial charge in [0.05, 0.1) is 6.20 Å². The van der Waals surface area contributed by atoms with Gasteiger partial charge in [-0.15, -0.1) is 11.3 Å². The van der Waals surface area contributed by atoms with Gasteiger partial charge >= 0.3 is 0 Å². The minimum Gasteiger partial charge on any atom is -0.261 e. The highest BCUT2D eigenvalue weighted by Crippen LogP contribution is 2.27. The number of halogens is 1. The van der Waals surface area contributed by atoms with Crippen molar-refractivity contribution >= 4 is 11.3 Å². The Bertz CT molecular complexity index is 436. The summed E-state index contributed by atoms with van der Waals surface area (Å²) in [6.07, 6.45) is 3.93. The Morgan fingerprint density at radius 3 is 2.86 bits per heavy atom. The van der Waals surface area contributed by atoms with E-state index in [1.807, 2.05) is 6.07 Å². The van der Waals surface area contributed by atoms with E-state index in [0.717, 1.165) is 16.9 Å². The van der Waals surface area contributed by atoms with E-state index >= 15 is 0 Å². The lowest BCUT2D eigenvalue weighted by Crippen LogP contribution is -1.79. The lowest BCUT2D eigenvalue weighted by Gasteiger charge is -1.95. The van der Waals surface area contributed by atoms with Crippen LogP contribution >= 0.6 is 11.3 Å². The number of aromatic nitrogens is 1. The Labute approximate surface area is 86.2 Å². The Morgan fingerprint density at radius 1 is 1.36 bits per heavy atom. The van der Waals surface area contributed by atoms with Crippen LogP contribution in [0.25, 0.3) is 10.4 Å². The highest BCUT2D eigenvalue weighted by molar-refractivity contribution is 7.15. The van der Waals surface area contributed by atoms with E-state index < -0.39 is 0 Å². The molecule has 2 aromatic heterocycles. The molecule has 72 valence electrons. The second-order valence-corrected chi connectivity index (χ2v) is 4.18. The van der Waals surface area contributed by atoms with Crippen molar-refractivity contribution in [3.8, 4) is 10.4 Å². The third-order valence-electron chi connectivity index (χ3n) is 2.00. The summed E-state index contributed by atoms with van der Waals surface area (Å²) in [5.41, 5.74) is 0.856. The Balaban J connectivity index is 2.39. The van der Waals surface area contributed by atoms with Gasteiger partial charge in [-0.3, -0.25) is 4.98 Å². The molecule has 0 fully saturated rings. The van der Waals surface area contributed by atoms with Crippen LogP contribution in [0.15, 0.2) is 30.6 Å². The summed E-state index contributed by atoms with van der Waals surface area (Å²) in [7, 11) is 0. The molecule has 3 heteroatoms. The molecule has 2 rings (SSSR count). The zero-order valence-corrected chi connectivity index (χ0v) is 8.64. The average Bonchev–Trinajstić information content (AvgIpc) is 2.66. The number of rotatable bonds is 2. The van der Waals surface area contributed by atoms with Gasteiger partial charge in [0.15, 0.2) is 0 Å². The largest absolute Gasteiger partial charge is 0.261 e. The van der Waals surface area contributed by atoms with Crippen molar-refractivity contribution in [3.05, 3.63) is 41.3 Å². The van der Waals surface area contributed by atoms with Gasteiger partial charge in [-0.1, -0.05) is 6.92 Å². The molecule has 0 saturated carbocycles. The van der Waals surface area contributed by atoms with Crippen molar-refractivity contribution in [2.24, 2.45) is 0 Å². The standard InChI is InChI=1S/C11H10FNS/c1-2-10-3-4-11(14-10)8-5-9(12)7-13-6-8/h3-7H,2H2,1H3. The molecule has 0 spiro atoms.